The van der Waals surface area contributed by atoms with Crippen molar-refractivity contribution in [1.82, 2.24) is 9.97 Å². The smallest absolute Gasteiger partial charge is 0.259 e. The van der Waals surface area contributed by atoms with Gasteiger partial charge < -0.3 is 9.72 Å². The summed E-state index contributed by atoms with van der Waals surface area (Å²) < 4.78 is 5.76. The van der Waals surface area contributed by atoms with Gasteiger partial charge in [0.2, 0.25) is 0 Å². The van der Waals surface area contributed by atoms with Crippen LogP contribution in [-0.2, 0) is 18.6 Å². The van der Waals surface area contributed by atoms with Crippen LogP contribution in [0.3, 0.4) is 0 Å². The Morgan fingerprint density at radius 1 is 1.31 bits per heavy atom. The summed E-state index contributed by atoms with van der Waals surface area (Å²) in [5.41, 5.74) is 2.47. The largest absolute Gasteiger partial charge is 0.493 e. The van der Waals surface area contributed by atoms with E-state index in [0.717, 1.165) is 40.4 Å². The zero-order valence-corrected chi connectivity index (χ0v) is 16.5. The zero-order valence-electron chi connectivity index (χ0n) is 14.8. The molecule has 3 aromatic rings. The molecule has 0 saturated carbocycles. The highest BCUT2D eigenvalue weighted by molar-refractivity contribution is 7.98. The molecule has 1 aliphatic carbocycles. The summed E-state index contributed by atoms with van der Waals surface area (Å²) in [6, 6.07) is 8.07. The van der Waals surface area contributed by atoms with Crippen LogP contribution in [0.15, 0.2) is 29.1 Å². The van der Waals surface area contributed by atoms with Crippen LogP contribution in [0.4, 0.5) is 0 Å². The minimum Gasteiger partial charge on any atom is -0.493 e. The fraction of sp³-hybridized carbons (Fsp3) is 0.400. The summed E-state index contributed by atoms with van der Waals surface area (Å²) in [6.07, 6.45) is 4.51. The van der Waals surface area contributed by atoms with Gasteiger partial charge in [-0.15, -0.1) is 11.3 Å². The Morgan fingerprint density at radius 3 is 3.08 bits per heavy atom. The summed E-state index contributed by atoms with van der Waals surface area (Å²) in [7, 11) is 0. The molecule has 0 aliphatic heterocycles. The van der Waals surface area contributed by atoms with Gasteiger partial charge in [0.25, 0.3) is 5.56 Å². The number of nitrogens with one attached hydrogen (secondary N) is 1. The first kappa shape index (κ1) is 17.6. The van der Waals surface area contributed by atoms with Crippen molar-refractivity contribution >= 4 is 33.3 Å². The monoisotopic (exact) mass is 386 g/mol. The van der Waals surface area contributed by atoms with Crippen LogP contribution >= 0.6 is 23.1 Å². The van der Waals surface area contributed by atoms with Crippen molar-refractivity contribution in [3.63, 3.8) is 0 Å². The summed E-state index contributed by atoms with van der Waals surface area (Å²) in [5.74, 6) is 3.23. The lowest BCUT2D eigenvalue weighted by molar-refractivity contribution is 0.343. The number of aromatic amines is 1. The first-order chi connectivity index (χ1) is 12.7. The molecule has 1 aromatic carbocycles. The molecule has 0 fully saturated rings. The van der Waals surface area contributed by atoms with Gasteiger partial charge in [-0.25, -0.2) is 4.98 Å². The van der Waals surface area contributed by atoms with Crippen LogP contribution in [0.5, 0.6) is 5.75 Å². The van der Waals surface area contributed by atoms with Crippen LogP contribution in [-0.4, -0.2) is 22.3 Å². The highest BCUT2D eigenvalue weighted by atomic mass is 32.2. The maximum absolute atomic E-state index is 12.5. The predicted octanol–water partition coefficient (Wildman–Crippen LogP) is 4.48. The lowest BCUT2D eigenvalue weighted by Crippen LogP contribution is -2.12. The number of nitrogens with zero attached hydrogens (tertiary/aromatic N) is 1. The van der Waals surface area contributed by atoms with Gasteiger partial charge in [-0.3, -0.25) is 4.79 Å². The van der Waals surface area contributed by atoms with Gasteiger partial charge in [0.1, 0.15) is 16.4 Å². The van der Waals surface area contributed by atoms with Gasteiger partial charge in [-0.2, -0.15) is 11.8 Å². The van der Waals surface area contributed by atoms with E-state index in [-0.39, 0.29) is 5.56 Å². The van der Waals surface area contributed by atoms with E-state index in [9.17, 15) is 4.79 Å². The van der Waals surface area contributed by atoms with Crippen LogP contribution < -0.4 is 10.3 Å². The number of ether oxygens (including phenoxy) is 1. The van der Waals surface area contributed by atoms with Crippen molar-refractivity contribution in [2.24, 2.45) is 0 Å². The van der Waals surface area contributed by atoms with Gasteiger partial charge in [0.15, 0.2) is 0 Å². The predicted molar refractivity (Wildman–Crippen MR) is 110 cm³/mol. The highest BCUT2D eigenvalue weighted by Crippen LogP contribution is 2.33. The van der Waals surface area contributed by atoms with Gasteiger partial charge in [-0.05, 0) is 55.9 Å². The molecule has 0 atom stereocenters. The minimum absolute atomic E-state index is 0.0287. The molecule has 2 heterocycles. The van der Waals surface area contributed by atoms with E-state index >= 15 is 0 Å². The SMILES string of the molecule is Cc1cccc(OCCSCc2nc3sc4c(c3c(=O)[nH]2)CCCC4)c1. The first-order valence-electron chi connectivity index (χ1n) is 9.01. The number of H-pyrrole nitrogens is 1. The zero-order chi connectivity index (χ0) is 17.9. The molecule has 4 rings (SSSR count). The molecule has 136 valence electrons. The van der Waals surface area contributed by atoms with Crippen LogP contribution in [0.2, 0.25) is 0 Å². The molecule has 0 unspecified atom stereocenters. The number of aromatic nitrogens is 2. The Hall–Kier alpha value is -1.79. The molecule has 0 spiro atoms. The van der Waals surface area contributed by atoms with E-state index < -0.39 is 0 Å². The standard InChI is InChI=1S/C20H22N2O2S2/c1-13-5-4-6-14(11-13)24-9-10-25-12-17-21-19(23)18-15-7-2-3-8-16(15)26-20(18)22-17/h4-6,11H,2-3,7-10,12H2,1H3,(H,21,22,23). The minimum atomic E-state index is 0.0287. The van der Waals surface area contributed by atoms with Gasteiger partial charge in [0, 0.05) is 10.6 Å². The maximum Gasteiger partial charge on any atom is 0.259 e. The van der Waals surface area contributed by atoms with Crippen molar-refractivity contribution in [3.8, 4) is 5.75 Å². The number of thiophene rings is 1. The van der Waals surface area contributed by atoms with E-state index in [0.29, 0.717) is 12.4 Å². The van der Waals surface area contributed by atoms with Crippen molar-refractivity contribution in [3.05, 3.63) is 56.4 Å². The Bertz CT molecular complexity index is 978. The Labute approximate surface area is 161 Å². The summed E-state index contributed by atoms with van der Waals surface area (Å²) in [6.45, 7) is 2.70. The molecule has 0 bridgehead atoms. The lowest BCUT2D eigenvalue weighted by Gasteiger charge is -2.09. The molecule has 2 aromatic heterocycles. The first-order valence-corrected chi connectivity index (χ1v) is 11.0. The molecule has 1 N–H and O–H groups in total. The van der Waals surface area contributed by atoms with Crippen molar-refractivity contribution < 1.29 is 4.74 Å². The van der Waals surface area contributed by atoms with Gasteiger partial charge in [0.05, 0.1) is 17.7 Å². The van der Waals surface area contributed by atoms with E-state index in [1.165, 1.54) is 28.8 Å². The Kier molecular flexibility index (Phi) is 5.31. The number of rotatable bonds is 6. The van der Waals surface area contributed by atoms with Gasteiger partial charge >= 0.3 is 0 Å². The molecule has 0 amide bonds. The van der Waals surface area contributed by atoms with E-state index in [4.69, 9.17) is 9.72 Å². The molecule has 0 radical (unpaired) electrons. The fourth-order valence-corrected chi connectivity index (χ4v) is 5.33. The molecular weight excluding hydrogens is 364 g/mol. The van der Waals surface area contributed by atoms with E-state index in [1.807, 2.05) is 18.2 Å². The topological polar surface area (TPSA) is 55.0 Å². The average Bonchev–Trinajstić information content (AvgIpc) is 3.00. The number of benzene rings is 1. The molecule has 6 heteroatoms. The summed E-state index contributed by atoms with van der Waals surface area (Å²) in [4.78, 5) is 22.5. The second-order valence-corrected chi connectivity index (χ2v) is 8.81. The third-order valence-corrected chi connectivity index (χ3v) is 6.72. The number of hydrogen-bond donors (Lipinski definition) is 1. The summed E-state index contributed by atoms with van der Waals surface area (Å²) in [5, 5.41) is 0.834. The third-order valence-electron chi connectivity index (χ3n) is 4.60. The number of thioether (sulfide) groups is 1. The fourth-order valence-electron chi connectivity index (χ4n) is 3.37. The second kappa shape index (κ2) is 7.84. The second-order valence-electron chi connectivity index (χ2n) is 6.62. The van der Waals surface area contributed by atoms with Crippen molar-refractivity contribution in [1.29, 1.82) is 0 Å². The van der Waals surface area contributed by atoms with E-state index in [1.54, 1.807) is 23.1 Å². The third kappa shape index (κ3) is 3.81. The van der Waals surface area contributed by atoms with Crippen LogP contribution in [0, 0.1) is 6.92 Å². The molecule has 0 saturated heterocycles. The normalized spacial score (nSPS) is 13.7. The quantitative estimate of drug-likeness (QED) is 0.635. The molecular formula is C20H22N2O2S2. The lowest BCUT2D eigenvalue weighted by atomic mass is 9.97. The number of fused-ring (bicyclic) bond motifs is 3. The molecule has 26 heavy (non-hydrogen) atoms. The number of hydrogen-bond acceptors (Lipinski definition) is 5. The molecule has 1 aliphatic rings. The maximum atomic E-state index is 12.5. The van der Waals surface area contributed by atoms with Gasteiger partial charge in [-0.1, -0.05) is 12.1 Å². The molecule has 4 nitrogen and oxygen atoms in total. The Morgan fingerprint density at radius 2 is 2.19 bits per heavy atom. The van der Waals surface area contributed by atoms with E-state index in [2.05, 4.69) is 18.0 Å². The van der Waals surface area contributed by atoms with Crippen LogP contribution in [0.1, 0.15) is 34.7 Å². The number of aryl methyl sites for hydroxylation is 3. The Balaban J connectivity index is 1.36. The van der Waals surface area contributed by atoms with Crippen molar-refractivity contribution in [2.45, 2.75) is 38.4 Å². The van der Waals surface area contributed by atoms with Crippen molar-refractivity contribution in [2.75, 3.05) is 12.4 Å². The highest BCUT2D eigenvalue weighted by Gasteiger charge is 2.19. The average molecular weight is 387 g/mol. The summed E-state index contributed by atoms with van der Waals surface area (Å²) >= 11 is 3.43. The van der Waals surface area contributed by atoms with Crippen LogP contribution in [0.25, 0.3) is 10.2 Å².